The lowest BCUT2D eigenvalue weighted by atomic mass is 9.98. The molecule has 1 aliphatic rings. The second-order valence-corrected chi connectivity index (χ2v) is 8.43. The summed E-state index contributed by atoms with van der Waals surface area (Å²) in [5, 5.41) is 17.3. The smallest absolute Gasteiger partial charge is 0.243 e. The Balaban J connectivity index is 1.67. The van der Waals surface area contributed by atoms with E-state index in [2.05, 4.69) is 16.0 Å². The number of carbonyl (C=O) groups is 3. The number of nitrogens with one attached hydrogen (secondary N) is 3. The summed E-state index contributed by atoms with van der Waals surface area (Å²) in [5.74, 6) is -3.84. The molecule has 0 saturated carbocycles. The first-order valence-electron chi connectivity index (χ1n) is 11.2. The fraction of sp³-hybridized carbons (Fsp3) is 0.360. The van der Waals surface area contributed by atoms with E-state index in [0.717, 1.165) is 18.2 Å². The number of aryl methyl sites for hydroxylation is 1. The molecule has 3 atom stereocenters. The van der Waals surface area contributed by atoms with Crippen LogP contribution in [0.15, 0.2) is 42.5 Å². The molecule has 3 N–H and O–H groups in total. The van der Waals surface area contributed by atoms with Crippen molar-refractivity contribution in [3.05, 3.63) is 71.0 Å². The van der Waals surface area contributed by atoms with Crippen molar-refractivity contribution < 1.29 is 27.6 Å². The third-order valence-corrected chi connectivity index (χ3v) is 5.70. The predicted octanol–water partition coefficient (Wildman–Crippen LogP) is 2.30. The summed E-state index contributed by atoms with van der Waals surface area (Å²) in [4.78, 5) is 37.4. The Bertz CT molecular complexity index is 1110. The highest BCUT2D eigenvalue weighted by Gasteiger charge is 2.30. The van der Waals surface area contributed by atoms with Crippen molar-refractivity contribution in [1.82, 2.24) is 16.0 Å². The summed E-state index contributed by atoms with van der Waals surface area (Å²) in [6.07, 6.45) is 0.509. The largest absolute Gasteiger partial charge is 0.356 e. The second kappa shape index (κ2) is 12.0. The number of nitrogens with zero attached hydrogens (tertiary/aromatic N) is 1. The number of amides is 3. The average molecular weight is 486 g/mol. The number of hydrogen-bond donors (Lipinski definition) is 3. The minimum atomic E-state index is -1.14. The van der Waals surface area contributed by atoms with E-state index in [0.29, 0.717) is 18.5 Å². The lowest BCUT2D eigenvalue weighted by Gasteiger charge is -2.21. The first-order valence-corrected chi connectivity index (χ1v) is 11.2. The molecule has 0 spiro atoms. The fourth-order valence-corrected chi connectivity index (χ4v) is 3.96. The van der Waals surface area contributed by atoms with Crippen LogP contribution in [0.5, 0.6) is 0 Å². The molecule has 1 heterocycles. The molecule has 0 radical (unpaired) electrons. The zero-order chi connectivity index (χ0) is 25.4. The molecule has 35 heavy (non-hydrogen) atoms. The van der Waals surface area contributed by atoms with E-state index in [9.17, 15) is 32.8 Å². The van der Waals surface area contributed by atoms with Crippen molar-refractivity contribution in [3.63, 3.8) is 0 Å². The minimum absolute atomic E-state index is 0.0342. The van der Waals surface area contributed by atoms with E-state index in [1.807, 2.05) is 6.07 Å². The lowest BCUT2D eigenvalue weighted by Crippen LogP contribution is -2.51. The maximum absolute atomic E-state index is 13.7. The standard InChI is InChI=1S/C25H25F3N4O3/c26-18-3-1-2-15(8-18)11-22(25(35)31-21(14-29)12-17-6-7-30-24(17)34)32-23(33)5-4-16-9-19(27)13-20(28)10-16/h1-3,8-10,13,17,21-22H,4-7,11-12H2,(H,30,34)(H,31,35)(H,32,33)/t17-,21-,22?/m0/s1. The van der Waals surface area contributed by atoms with Gasteiger partial charge in [0.2, 0.25) is 17.7 Å². The summed E-state index contributed by atoms with van der Waals surface area (Å²) in [5.41, 5.74) is 0.726. The molecule has 10 heteroatoms. The monoisotopic (exact) mass is 486 g/mol. The third-order valence-electron chi connectivity index (χ3n) is 5.70. The van der Waals surface area contributed by atoms with Crippen molar-refractivity contribution in [3.8, 4) is 6.07 Å². The number of nitriles is 1. The van der Waals surface area contributed by atoms with Gasteiger partial charge in [-0.15, -0.1) is 0 Å². The molecule has 2 aromatic carbocycles. The van der Waals surface area contributed by atoms with Crippen molar-refractivity contribution in [1.29, 1.82) is 5.26 Å². The molecule has 0 aromatic heterocycles. The van der Waals surface area contributed by atoms with Gasteiger partial charge in [0.1, 0.15) is 29.5 Å². The van der Waals surface area contributed by atoms with Crippen molar-refractivity contribution in [2.45, 2.75) is 44.2 Å². The maximum Gasteiger partial charge on any atom is 0.243 e. The van der Waals surface area contributed by atoms with Gasteiger partial charge in [-0.1, -0.05) is 12.1 Å². The molecule has 3 amide bonds. The van der Waals surface area contributed by atoms with Gasteiger partial charge in [0.15, 0.2) is 0 Å². The predicted molar refractivity (Wildman–Crippen MR) is 120 cm³/mol. The first-order chi connectivity index (χ1) is 16.7. The van der Waals surface area contributed by atoms with Crippen molar-refractivity contribution in [2.24, 2.45) is 5.92 Å². The Hall–Kier alpha value is -3.87. The first kappa shape index (κ1) is 25.7. The van der Waals surface area contributed by atoms with Crippen LogP contribution in [0.25, 0.3) is 0 Å². The van der Waals surface area contributed by atoms with Crippen molar-refractivity contribution in [2.75, 3.05) is 6.54 Å². The maximum atomic E-state index is 13.7. The zero-order valence-electron chi connectivity index (χ0n) is 18.8. The third kappa shape index (κ3) is 7.84. The van der Waals surface area contributed by atoms with Crippen LogP contribution in [-0.2, 0) is 27.2 Å². The van der Waals surface area contributed by atoms with Crippen LogP contribution in [0.4, 0.5) is 13.2 Å². The summed E-state index contributed by atoms with van der Waals surface area (Å²) in [7, 11) is 0. The quantitative estimate of drug-likeness (QED) is 0.479. The number of carbonyl (C=O) groups excluding carboxylic acids is 3. The van der Waals surface area contributed by atoms with Gasteiger partial charge < -0.3 is 16.0 Å². The molecule has 1 unspecified atom stereocenters. The Kier molecular flexibility index (Phi) is 8.84. The summed E-state index contributed by atoms with van der Waals surface area (Å²) >= 11 is 0. The Labute approximate surface area is 200 Å². The van der Waals surface area contributed by atoms with Gasteiger partial charge in [-0.2, -0.15) is 5.26 Å². The van der Waals surface area contributed by atoms with Gasteiger partial charge in [0.25, 0.3) is 0 Å². The highest BCUT2D eigenvalue weighted by Crippen LogP contribution is 2.16. The van der Waals surface area contributed by atoms with E-state index in [-0.39, 0.29) is 37.2 Å². The van der Waals surface area contributed by atoms with E-state index >= 15 is 0 Å². The number of benzene rings is 2. The molecule has 3 rings (SSSR count). The lowest BCUT2D eigenvalue weighted by molar-refractivity contribution is -0.129. The van der Waals surface area contributed by atoms with Crippen LogP contribution in [0.2, 0.25) is 0 Å². The van der Waals surface area contributed by atoms with E-state index in [4.69, 9.17) is 0 Å². The van der Waals surface area contributed by atoms with Gasteiger partial charge in [-0.25, -0.2) is 13.2 Å². The molecule has 0 aliphatic carbocycles. The van der Waals surface area contributed by atoms with Crippen LogP contribution < -0.4 is 16.0 Å². The van der Waals surface area contributed by atoms with Gasteiger partial charge in [-0.3, -0.25) is 14.4 Å². The normalized spacial score (nSPS) is 16.6. The molecule has 0 bridgehead atoms. The number of halogens is 3. The van der Waals surface area contributed by atoms with E-state index < -0.39 is 47.3 Å². The Morgan fingerprint density at radius 3 is 2.40 bits per heavy atom. The summed E-state index contributed by atoms with van der Waals surface area (Å²) < 4.78 is 40.4. The second-order valence-electron chi connectivity index (χ2n) is 8.43. The summed E-state index contributed by atoms with van der Waals surface area (Å²) in [6, 6.07) is 8.36. The molecule has 184 valence electrons. The average Bonchev–Trinajstić information content (AvgIpc) is 3.20. The minimum Gasteiger partial charge on any atom is -0.356 e. The van der Waals surface area contributed by atoms with Crippen molar-refractivity contribution >= 4 is 17.7 Å². The molecule has 1 fully saturated rings. The Morgan fingerprint density at radius 2 is 1.77 bits per heavy atom. The number of rotatable bonds is 10. The van der Waals surface area contributed by atoms with Gasteiger partial charge in [0.05, 0.1) is 6.07 Å². The SMILES string of the molecule is N#C[C@H](C[C@@H]1CCNC1=O)NC(=O)C(Cc1cccc(F)c1)NC(=O)CCc1cc(F)cc(F)c1. The molecule has 7 nitrogen and oxygen atoms in total. The van der Waals surface area contributed by atoms with E-state index in [1.54, 1.807) is 6.07 Å². The van der Waals surface area contributed by atoms with Crippen LogP contribution in [0, 0.1) is 34.7 Å². The molecule has 1 saturated heterocycles. The highest BCUT2D eigenvalue weighted by molar-refractivity contribution is 5.88. The molecule has 2 aromatic rings. The zero-order valence-corrected chi connectivity index (χ0v) is 18.8. The number of hydrogen-bond acceptors (Lipinski definition) is 4. The highest BCUT2D eigenvalue weighted by atomic mass is 19.1. The Morgan fingerprint density at radius 1 is 1.06 bits per heavy atom. The molecular weight excluding hydrogens is 461 g/mol. The van der Waals surface area contributed by atoms with Crippen LogP contribution in [0.1, 0.15) is 30.4 Å². The molecule has 1 aliphatic heterocycles. The van der Waals surface area contributed by atoms with Crippen LogP contribution in [-0.4, -0.2) is 36.3 Å². The van der Waals surface area contributed by atoms with Gasteiger partial charge in [-0.05, 0) is 54.7 Å². The fourth-order valence-electron chi connectivity index (χ4n) is 3.96. The molecular formula is C25H25F3N4O3. The van der Waals surface area contributed by atoms with Gasteiger partial charge >= 0.3 is 0 Å². The van der Waals surface area contributed by atoms with Gasteiger partial charge in [0, 0.05) is 31.4 Å². The van der Waals surface area contributed by atoms with Crippen LogP contribution in [0.3, 0.4) is 0 Å². The van der Waals surface area contributed by atoms with Crippen LogP contribution >= 0.6 is 0 Å². The van der Waals surface area contributed by atoms with E-state index in [1.165, 1.54) is 18.2 Å². The topological polar surface area (TPSA) is 111 Å². The summed E-state index contributed by atoms with van der Waals surface area (Å²) in [6.45, 7) is 0.503.